The van der Waals surface area contributed by atoms with E-state index < -0.39 is 10.0 Å². The second-order valence-corrected chi connectivity index (χ2v) is 7.60. The molecule has 0 spiro atoms. The van der Waals surface area contributed by atoms with Gasteiger partial charge in [0, 0.05) is 18.5 Å². The van der Waals surface area contributed by atoms with Gasteiger partial charge in [0.1, 0.15) is 4.21 Å². The predicted molar refractivity (Wildman–Crippen MR) is 73.2 cm³/mol. The molecule has 3 nitrogen and oxygen atoms in total. The quantitative estimate of drug-likeness (QED) is 0.572. The number of hydrogen-bond acceptors (Lipinski definition) is 3. The Bertz CT molecular complexity index is 442. The van der Waals surface area contributed by atoms with E-state index in [4.69, 9.17) is 11.6 Å². The van der Waals surface area contributed by atoms with E-state index in [0.717, 1.165) is 24.1 Å². The Morgan fingerprint density at radius 2 is 2.06 bits per heavy atom. The first-order chi connectivity index (χ1) is 8.02. The highest BCUT2D eigenvalue weighted by atomic mass is 35.5. The van der Waals surface area contributed by atoms with Gasteiger partial charge in [0.05, 0.1) is 5.88 Å². The minimum absolute atomic E-state index is 0.361. The van der Waals surface area contributed by atoms with Crippen LogP contribution in [0.15, 0.2) is 16.3 Å². The highest BCUT2D eigenvalue weighted by molar-refractivity contribution is 7.91. The molecule has 0 aliphatic heterocycles. The number of rotatable bonds is 7. The van der Waals surface area contributed by atoms with Crippen molar-refractivity contribution < 1.29 is 8.42 Å². The number of unbranched alkanes of at least 4 members (excludes halogenated alkanes) is 2. The molecule has 0 atom stereocenters. The van der Waals surface area contributed by atoms with Crippen molar-refractivity contribution in [3.63, 3.8) is 0 Å². The summed E-state index contributed by atoms with van der Waals surface area (Å²) in [7, 11) is -1.69. The van der Waals surface area contributed by atoms with E-state index >= 15 is 0 Å². The average Bonchev–Trinajstić information content (AvgIpc) is 2.78. The van der Waals surface area contributed by atoms with Gasteiger partial charge in [-0.1, -0.05) is 19.8 Å². The van der Waals surface area contributed by atoms with Crippen LogP contribution in [0, 0.1) is 0 Å². The zero-order valence-electron chi connectivity index (χ0n) is 10.1. The summed E-state index contributed by atoms with van der Waals surface area (Å²) in [5.74, 6) is 0.361. The zero-order valence-corrected chi connectivity index (χ0v) is 12.5. The van der Waals surface area contributed by atoms with Crippen molar-refractivity contribution in [1.29, 1.82) is 0 Å². The van der Waals surface area contributed by atoms with Gasteiger partial charge in [0.25, 0.3) is 10.0 Å². The third-order valence-electron chi connectivity index (χ3n) is 2.51. The average molecular weight is 296 g/mol. The summed E-state index contributed by atoms with van der Waals surface area (Å²) in [5.41, 5.74) is 0. The lowest BCUT2D eigenvalue weighted by atomic mass is 10.2. The molecule has 6 heteroatoms. The first kappa shape index (κ1) is 15.0. The van der Waals surface area contributed by atoms with Crippen LogP contribution in [-0.2, 0) is 15.9 Å². The van der Waals surface area contributed by atoms with Crippen LogP contribution >= 0.6 is 22.9 Å². The summed E-state index contributed by atoms with van der Waals surface area (Å²) in [6, 6.07) is 3.40. The fourth-order valence-electron chi connectivity index (χ4n) is 1.43. The maximum atomic E-state index is 12.1. The molecule has 0 radical (unpaired) electrons. The molecule has 17 heavy (non-hydrogen) atoms. The minimum Gasteiger partial charge on any atom is -0.206 e. The van der Waals surface area contributed by atoms with Crippen molar-refractivity contribution in [3.8, 4) is 0 Å². The Hall–Kier alpha value is -0.100. The molecule has 0 saturated heterocycles. The molecule has 0 saturated carbocycles. The second kappa shape index (κ2) is 6.73. The Kier molecular flexibility index (Phi) is 5.92. The molecule has 0 unspecified atom stereocenters. The van der Waals surface area contributed by atoms with Crippen molar-refractivity contribution in [2.45, 2.75) is 36.3 Å². The lowest BCUT2D eigenvalue weighted by molar-refractivity contribution is 0.456. The summed E-state index contributed by atoms with van der Waals surface area (Å²) < 4.78 is 26.1. The Labute approximate surface area is 112 Å². The van der Waals surface area contributed by atoms with E-state index in [-0.39, 0.29) is 0 Å². The van der Waals surface area contributed by atoms with Gasteiger partial charge in [0.2, 0.25) is 0 Å². The van der Waals surface area contributed by atoms with Crippen molar-refractivity contribution in [3.05, 3.63) is 17.0 Å². The van der Waals surface area contributed by atoms with Gasteiger partial charge in [-0.05, 0) is 18.6 Å². The second-order valence-electron chi connectivity index (χ2n) is 3.89. The molecular weight excluding hydrogens is 278 g/mol. The van der Waals surface area contributed by atoms with Crippen LogP contribution in [-0.4, -0.2) is 26.3 Å². The van der Waals surface area contributed by atoms with Gasteiger partial charge in [0.15, 0.2) is 0 Å². The van der Waals surface area contributed by atoms with Crippen molar-refractivity contribution in [2.24, 2.45) is 0 Å². The molecule has 0 bridgehead atoms. The zero-order chi connectivity index (χ0) is 12.9. The Morgan fingerprint density at radius 3 is 2.59 bits per heavy atom. The van der Waals surface area contributed by atoms with Gasteiger partial charge in [-0.15, -0.1) is 22.9 Å². The largest absolute Gasteiger partial charge is 0.252 e. The number of hydrogen-bond donors (Lipinski definition) is 0. The topological polar surface area (TPSA) is 37.4 Å². The molecule has 0 amide bonds. The molecule has 1 heterocycles. The first-order valence-electron chi connectivity index (χ1n) is 5.63. The van der Waals surface area contributed by atoms with Crippen LogP contribution in [0.5, 0.6) is 0 Å². The summed E-state index contributed by atoms with van der Waals surface area (Å²) in [6.07, 6.45) is 3.04. The van der Waals surface area contributed by atoms with Crippen molar-refractivity contribution in [1.82, 2.24) is 4.31 Å². The lowest BCUT2D eigenvalue weighted by Crippen LogP contribution is -2.27. The normalized spacial score (nSPS) is 12.2. The number of nitrogens with zero attached hydrogens (tertiary/aromatic N) is 1. The summed E-state index contributed by atoms with van der Waals surface area (Å²) >= 11 is 6.92. The number of alkyl halides is 1. The number of halogens is 1. The summed E-state index contributed by atoms with van der Waals surface area (Å²) in [6.45, 7) is 2.67. The molecule has 1 aromatic rings. The summed E-state index contributed by atoms with van der Waals surface area (Å²) in [5, 5.41) is 0. The van der Waals surface area contributed by atoms with Crippen LogP contribution < -0.4 is 0 Å². The predicted octanol–water partition coefficient (Wildman–Crippen LogP) is 3.30. The lowest BCUT2D eigenvalue weighted by Gasteiger charge is -2.15. The molecule has 0 N–H and O–H groups in total. The SMILES string of the molecule is CCCCCN(C)S(=O)(=O)c1ccc(CCl)s1. The van der Waals surface area contributed by atoms with E-state index in [9.17, 15) is 8.42 Å². The third kappa shape index (κ3) is 3.95. The molecule has 1 aromatic heterocycles. The Balaban J connectivity index is 2.73. The summed E-state index contributed by atoms with van der Waals surface area (Å²) in [4.78, 5) is 0.882. The van der Waals surface area contributed by atoms with Crippen LogP contribution in [0.1, 0.15) is 31.1 Å². The van der Waals surface area contributed by atoms with Gasteiger partial charge >= 0.3 is 0 Å². The third-order valence-corrected chi connectivity index (χ3v) is 6.37. The van der Waals surface area contributed by atoms with Gasteiger partial charge in [-0.25, -0.2) is 12.7 Å². The van der Waals surface area contributed by atoms with Crippen LogP contribution in [0.2, 0.25) is 0 Å². The van der Waals surface area contributed by atoms with Gasteiger partial charge < -0.3 is 0 Å². The molecule has 0 fully saturated rings. The standard InChI is InChI=1S/C11H18ClNO2S2/c1-3-4-5-8-13(2)17(14,15)11-7-6-10(9-12)16-11/h6-7H,3-5,8-9H2,1-2H3. The van der Waals surface area contributed by atoms with E-state index in [0.29, 0.717) is 16.6 Å². The van der Waals surface area contributed by atoms with Gasteiger partial charge in [-0.2, -0.15) is 0 Å². The van der Waals surface area contributed by atoms with Crippen LogP contribution in [0.25, 0.3) is 0 Å². The fourth-order valence-corrected chi connectivity index (χ4v) is 4.31. The van der Waals surface area contributed by atoms with Gasteiger partial charge in [-0.3, -0.25) is 0 Å². The molecule has 0 aromatic carbocycles. The van der Waals surface area contributed by atoms with E-state index in [2.05, 4.69) is 6.92 Å². The molecule has 98 valence electrons. The maximum Gasteiger partial charge on any atom is 0.252 e. The first-order valence-corrected chi connectivity index (χ1v) is 8.42. The molecular formula is C11H18ClNO2S2. The Morgan fingerprint density at radius 1 is 1.35 bits per heavy atom. The van der Waals surface area contributed by atoms with E-state index in [1.54, 1.807) is 19.2 Å². The number of sulfonamides is 1. The van der Waals surface area contributed by atoms with E-state index in [1.807, 2.05) is 0 Å². The van der Waals surface area contributed by atoms with Crippen LogP contribution in [0.4, 0.5) is 0 Å². The molecule has 1 rings (SSSR count). The monoisotopic (exact) mass is 295 g/mol. The highest BCUT2D eigenvalue weighted by Crippen LogP contribution is 2.25. The van der Waals surface area contributed by atoms with Crippen molar-refractivity contribution >= 4 is 33.0 Å². The number of thiophene rings is 1. The van der Waals surface area contributed by atoms with E-state index in [1.165, 1.54) is 15.6 Å². The minimum atomic E-state index is -3.32. The maximum absolute atomic E-state index is 12.1. The fraction of sp³-hybridized carbons (Fsp3) is 0.636. The smallest absolute Gasteiger partial charge is 0.206 e. The molecule has 0 aliphatic carbocycles. The highest BCUT2D eigenvalue weighted by Gasteiger charge is 2.22. The van der Waals surface area contributed by atoms with Crippen molar-refractivity contribution in [2.75, 3.05) is 13.6 Å². The van der Waals surface area contributed by atoms with Crippen LogP contribution in [0.3, 0.4) is 0 Å². The molecule has 0 aliphatic rings.